The van der Waals surface area contributed by atoms with Crippen molar-refractivity contribution >= 4 is 50.1 Å². The van der Waals surface area contributed by atoms with Gasteiger partial charge in [0.05, 0.1) is 36.4 Å². The zero-order chi connectivity index (χ0) is 20.8. The van der Waals surface area contributed by atoms with Crippen LogP contribution < -0.4 is 10.6 Å². The van der Waals surface area contributed by atoms with Gasteiger partial charge in [0, 0.05) is 22.4 Å². The Morgan fingerprint density at radius 3 is 3.10 bits per heavy atom. The minimum Gasteiger partial charge on any atom is -0.446 e. The minimum absolute atomic E-state index is 0.0705. The van der Waals surface area contributed by atoms with Crippen LogP contribution in [0.5, 0.6) is 0 Å². The summed E-state index contributed by atoms with van der Waals surface area (Å²) in [4.78, 5) is 23.3. The first-order valence-electron chi connectivity index (χ1n) is 10.2. The third-order valence-corrected chi connectivity index (χ3v) is 6.90. The molecule has 1 aliphatic carbocycles. The number of hydrogen-bond acceptors (Lipinski definition) is 8. The van der Waals surface area contributed by atoms with Gasteiger partial charge in [-0.05, 0) is 36.6 Å². The van der Waals surface area contributed by atoms with Crippen LogP contribution in [-0.2, 0) is 22.3 Å². The predicted molar refractivity (Wildman–Crippen MR) is 117 cm³/mol. The summed E-state index contributed by atoms with van der Waals surface area (Å²) < 4.78 is 10.7. The van der Waals surface area contributed by atoms with Crippen molar-refractivity contribution in [2.45, 2.75) is 31.4 Å². The Morgan fingerprint density at radius 2 is 2.23 bits per heavy atom. The van der Waals surface area contributed by atoms with Gasteiger partial charge in [0.15, 0.2) is 0 Å². The zero-order valence-electron chi connectivity index (χ0n) is 16.6. The Hall–Kier alpha value is -3.24. The number of anilines is 2. The fourth-order valence-electron chi connectivity index (χ4n) is 4.10. The lowest BCUT2D eigenvalue weighted by molar-refractivity contribution is -0.00902. The molecule has 1 atom stereocenters. The van der Waals surface area contributed by atoms with Gasteiger partial charge in [-0.25, -0.2) is 14.8 Å². The molecule has 0 bridgehead atoms. The van der Waals surface area contributed by atoms with Crippen LogP contribution in [-0.4, -0.2) is 51.6 Å². The standard InChI is InChI=1S/C21H20N6O3S/c28-21(26-13-8-29-9-13)30-14-2-3-15-17(6-14)31-20-18(15)19(22-10-23-20)25-12-1-4-16-11(5-12)7-24-27-16/h1,4-5,7,10,13-14H,2-3,6,8-9H2,(H,24,27)(H,26,28)(H,22,23,25). The highest BCUT2D eigenvalue weighted by molar-refractivity contribution is 7.19. The maximum atomic E-state index is 12.1. The molecule has 0 radical (unpaired) electrons. The van der Waals surface area contributed by atoms with Crippen LogP contribution in [0.3, 0.4) is 0 Å². The van der Waals surface area contributed by atoms with Crippen molar-refractivity contribution < 1.29 is 14.3 Å². The number of thiophene rings is 1. The van der Waals surface area contributed by atoms with Crippen LogP contribution in [0, 0.1) is 0 Å². The molecule has 10 heteroatoms. The monoisotopic (exact) mass is 436 g/mol. The maximum Gasteiger partial charge on any atom is 0.407 e. The average Bonchev–Trinajstić information content (AvgIpc) is 3.34. The highest BCUT2D eigenvalue weighted by Gasteiger charge is 2.29. The second-order valence-electron chi connectivity index (χ2n) is 7.85. The van der Waals surface area contributed by atoms with Gasteiger partial charge in [-0.2, -0.15) is 5.10 Å². The van der Waals surface area contributed by atoms with E-state index >= 15 is 0 Å². The van der Waals surface area contributed by atoms with Crippen LogP contribution in [0.15, 0.2) is 30.7 Å². The Bertz CT molecular complexity index is 1280. The number of nitrogens with one attached hydrogen (secondary N) is 3. The van der Waals surface area contributed by atoms with E-state index in [1.807, 2.05) is 18.2 Å². The van der Waals surface area contributed by atoms with Crippen molar-refractivity contribution in [3.05, 3.63) is 41.2 Å². The second-order valence-corrected chi connectivity index (χ2v) is 8.94. The highest BCUT2D eigenvalue weighted by Crippen LogP contribution is 2.39. The van der Waals surface area contributed by atoms with Gasteiger partial charge in [0.25, 0.3) is 0 Å². The Kier molecular flexibility index (Phi) is 4.46. The number of aromatic nitrogens is 4. The van der Waals surface area contributed by atoms with E-state index in [9.17, 15) is 4.79 Å². The van der Waals surface area contributed by atoms with Crippen LogP contribution >= 0.6 is 11.3 Å². The molecule has 31 heavy (non-hydrogen) atoms. The van der Waals surface area contributed by atoms with E-state index in [1.165, 1.54) is 10.4 Å². The summed E-state index contributed by atoms with van der Waals surface area (Å²) in [5, 5.41) is 15.4. The number of amides is 1. The average molecular weight is 436 g/mol. The first kappa shape index (κ1) is 18.5. The fourth-order valence-corrected chi connectivity index (χ4v) is 5.36. The summed E-state index contributed by atoms with van der Waals surface area (Å²) in [6, 6.07) is 6.11. The molecular formula is C21H20N6O3S. The first-order chi connectivity index (χ1) is 15.2. The summed E-state index contributed by atoms with van der Waals surface area (Å²) in [5.41, 5.74) is 3.19. The lowest BCUT2D eigenvalue weighted by Crippen LogP contribution is -2.49. The van der Waals surface area contributed by atoms with Crippen molar-refractivity contribution in [1.29, 1.82) is 0 Å². The number of carbonyl (C=O) groups is 1. The van der Waals surface area contributed by atoms with E-state index in [0.29, 0.717) is 19.6 Å². The number of fused-ring (bicyclic) bond motifs is 4. The van der Waals surface area contributed by atoms with Gasteiger partial charge in [0.1, 0.15) is 23.1 Å². The molecule has 1 amide bonds. The fraction of sp³-hybridized carbons (Fsp3) is 0.333. The lowest BCUT2D eigenvalue weighted by Gasteiger charge is -2.28. The van der Waals surface area contributed by atoms with Crippen LogP contribution in [0.2, 0.25) is 0 Å². The van der Waals surface area contributed by atoms with E-state index in [0.717, 1.165) is 45.5 Å². The number of nitrogens with zero attached hydrogens (tertiary/aromatic N) is 3. The molecule has 6 rings (SSSR count). The summed E-state index contributed by atoms with van der Waals surface area (Å²) in [6.07, 6.45) is 5.20. The number of hydrogen-bond donors (Lipinski definition) is 3. The van der Waals surface area contributed by atoms with Crippen molar-refractivity contribution in [3.8, 4) is 0 Å². The molecule has 1 saturated heterocycles. The van der Waals surface area contributed by atoms with Crippen molar-refractivity contribution in [3.63, 3.8) is 0 Å². The van der Waals surface area contributed by atoms with Crippen LogP contribution in [0.25, 0.3) is 21.1 Å². The number of aryl methyl sites for hydroxylation is 1. The largest absolute Gasteiger partial charge is 0.446 e. The number of aromatic amines is 1. The molecule has 158 valence electrons. The Labute approximate surface area is 181 Å². The van der Waals surface area contributed by atoms with E-state index in [4.69, 9.17) is 9.47 Å². The molecule has 4 aromatic rings. The molecule has 0 saturated carbocycles. The van der Waals surface area contributed by atoms with Crippen LogP contribution in [0.4, 0.5) is 16.3 Å². The SMILES string of the molecule is O=C(NC1COC1)OC1CCc2c(sc3ncnc(Nc4ccc5[nH]ncc5c4)c23)C1. The molecule has 1 aliphatic heterocycles. The zero-order valence-corrected chi connectivity index (χ0v) is 17.4. The van der Waals surface area contributed by atoms with Gasteiger partial charge in [0.2, 0.25) is 0 Å². The number of rotatable bonds is 4. The molecule has 1 fully saturated rings. The summed E-state index contributed by atoms with van der Waals surface area (Å²) in [5.74, 6) is 0.799. The number of carbonyl (C=O) groups excluding carboxylic acids is 1. The van der Waals surface area contributed by atoms with Gasteiger partial charge < -0.3 is 20.1 Å². The van der Waals surface area contributed by atoms with Gasteiger partial charge in [-0.1, -0.05) is 0 Å². The highest BCUT2D eigenvalue weighted by atomic mass is 32.1. The molecule has 3 N–H and O–H groups in total. The van der Waals surface area contributed by atoms with E-state index in [1.54, 1.807) is 23.9 Å². The summed E-state index contributed by atoms with van der Waals surface area (Å²) >= 11 is 1.65. The molecule has 0 spiro atoms. The number of benzene rings is 1. The summed E-state index contributed by atoms with van der Waals surface area (Å²) in [6.45, 7) is 1.12. The molecule has 1 unspecified atom stereocenters. The molecular weight excluding hydrogens is 416 g/mol. The van der Waals surface area contributed by atoms with E-state index in [2.05, 4.69) is 30.8 Å². The van der Waals surface area contributed by atoms with Crippen LogP contribution in [0.1, 0.15) is 16.9 Å². The quantitative estimate of drug-likeness (QED) is 0.450. The maximum absolute atomic E-state index is 12.1. The Balaban J connectivity index is 1.24. The van der Waals surface area contributed by atoms with Gasteiger partial charge in [-0.15, -0.1) is 11.3 Å². The normalized spacial score (nSPS) is 18.5. The smallest absolute Gasteiger partial charge is 0.407 e. The van der Waals surface area contributed by atoms with Gasteiger partial charge in [-0.3, -0.25) is 5.10 Å². The Morgan fingerprint density at radius 1 is 1.29 bits per heavy atom. The first-order valence-corrected chi connectivity index (χ1v) is 11.0. The molecule has 4 heterocycles. The number of H-pyrrole nitrogens is 1. The molecule has 3 aromatic heterocycles. The minimum atomic E-state index is -0.361. The number of ether oxygens (including phenoxy) is 2. The molecule has 9 nitrogen and oxygen atoms in total. The molecule has 2 aliphatic rings. The third-order valence-electron chi connectivity index (χ3n) is 5.74. The van der Waals surface area contributed by atoms with E-state index in [-0.39, 0.29) is 18.2 Å². The predicted octanol–water partition coefficient (Wildman–Crippen LogP) is 3.29. The topological polar surface area (TPSA) is 114 Å². The third kappa shape index (κ3) is 3.47. The van der Waals surface area contributed by atoms with Gasteiger partial charge >= 0.3 is 6.09 Å². The van der Waals surface area contributed by atoms with E-state index < -0.39 is 0 Å². The summed E-state index contributed by atoms with van der Waals surface area (Å²) in [7, 11) is 0. The van der Waals surface area contributed by atoms with Crippen molar-refractivity contribution in [2.75, 3.05) is 18.5 Å². The number of alkyl carbamates (subject to hydrolysis) is 1. The second kappa shape index (κ2) is 7.47. The lowest BCUT2D eigenvalue weighted by atomic mass is 9.94. The van der Waals surface area contributed by atoms with Crippen molar-refractivity contribution in [1.82, 2.24) is 25.5 Å². The van der Waals surface area contributed by atoms with Crippen molar-refractivity contribution in [2.24, 2.45) is 0 Å². The molecule has 1 aromatic carbocycles.